The van der Waals surface area contributed by atoms with Gasteiger partial charge in [0.1, 0.15) is 5.82 Å². The third-order valence-corrected chi connectivity index (χ3v) is 5.55. The average molecular weight is 543 g/mol. The fourth-order valence-electron chi connectivity index (χ4n) is 3.16. The molecule has 0 fully saturated rings. The van der Waals surface area contributed by atoms with Crippen molar-refractivity contribution >= 4 is 40.5 Å². The van der Waals surface area contributed by atoms with Crippen LogP contribution in [0.5, 0.6) is 11.5 Å². The lowest BCUT2D eigenvalue weighted by atomic mass is 10.1. The summed E-state index contributed by atoms with van der Waals surface area (Å²) in [5, 5.41) is 0. The lowest BCUT2D eigenvalue weighted by Gasteiger charge is -2.13. The lowest BCUT2D eigenvalue weighted by molar-refractivity contribution is -0.129. The molecule has 4 rings (SSSR count). The van der Waals surface area contributed by atoms with Gasteiger partial charge in [-0.1, -0.05) is 30.3 Å². The Balaban J connectivity index is 1.53. The molecule has 32 heavy (non-hydrogen) atoms. The predicted molar refractivity (Wildman–Crippen MR) is 128 cm³/mol. The maximum Gasteiger partial charge on any atom is 0.363 e. The highest BCUT2D eigenvalue weighted by Gasteiger charge is 2.24. The van der Waals surface area contributed by atoms with Crippen molar-refractivity contribution in [2.24, 2.45) is 4.99 Å². The smallest absolute Gasteiger partial charge is 0.363 e. The minimum atomic E-state index is -0.568. The number of cyclic esters (lactones) is 1. The third-order valence-electron chi connectivity index (χ3n) is 4.75. The van der Waals surface area contributed by atoms with Crippen LogP contribution in [0.1, 0.15) is 16.7 Å². The van der Waals surface area contributed by atoms with Gasteiger partial charge in [-0.05, 0) is 76.2 Å². The van der Waals surface area contributed by atoms with E-state index in [1.807, 2.05) is 24.3 Å². The van der Waals surface area contributed by atoms with Gasteiger partial charge in [0, 0.05) is 12.0 Å². The van der Waals surface area contributed by atoms with Gasteiger partial charge in [0.25, 0.3) is 0 Å². The van der Waals surface area contributed by atoms with Crippen LogP contribution >= 0.6 is 22.6 Å². The summed E-state index contributed by atoms with van der Waals surface area (Å²) >= 11 is 2.18. The van der Waals surface area contributed by atoms with Gasteiger partial charge < -0.3 is 14.2 Å². The molecule has 1 aliphatic heterocycles. The van der Waals surface area contributed by atoms with E-state index in [1.165, 1.54) is 29.8 Å². The Morgan fingerprint density at radius 3 is 2.56 bits per heavy atom. The topological polar surface area (TPSA) is 57.1 Å². The van der Waals surface area contributed by atoms with E-state index in [1.54, 1.807) is 19.3 Å². The molecule has 0 amide bonds. The van der Waals surface area contributed by atoms with E-state index in [2.05, 4.69) is 39.7 Å². The van der Waals surface area contributed by atoms with Gasteiger partial charge in [0.15, 0.2) is 17.2 Å². The standard InChI is InChI=1S/C25H19FINO4/c1-30-22-15-17(13-20(27)23(22)31-12-11-16-5-3-2-4-6-16)14-21-25(29)32-24(28-21)18-7-9-19(26)10-8-18/h2-10,13-15H,11-12H2,1H3/b21-14-. The van der Waals surface area contributed by atoms with Crippen molar-refractivity contribution in [2.75, 3.05) is 13.7 Å². The highest BCUT2D eigenvalue weighted by molar-refractivity contribution is 14.1. The molecule has 0 radical (unpaired) electrons. The summed E-state index contributed by atoms with van der Waals surface area (Å²) in [7, 11) is 1.57. The molecular formula is C25H19FINO4. The molecule has 0 N–H and O–H groups in total. The van der Waals surface area contributed by atoms with E-state index in [4.69, 9.17) is 14.2 Å². The number of ether oxygens (including phenoxy) is 3. The van der Waals surface area contributed by atoms with Gasteiger partial charge in [0.05, 0.1) is 17.3 Å². The summed E-state index contributed by atoms with van der Waals surface area (Å²) < 4.78 is 30.7. The molecular weight excluding hydrogens is 524 g/mol. The molecule has 0 unspecified atom stereocenters. The molecule has 1 heterocycles. The van der Waals surface area contributed by atoms with Crippen LogP contribution in [0.3, 0.4) is 0 Å². The molecule has 1 aliphatic rings. The highest BCUT2D eigenvalue weighted by atomic mass is 127. The number of rotatable bonds is 7. The van der Waals surface area contributed by atoms with Crippen molar-refractivity contribution in [3.63, 3.8) is 0 Å². The first-order valence-corrected chi connectivity index (χ1v) is 10.9. The maximum absolute atomic E-state index is 13.1. The highest BCUT2D eigenvalue weighted by Crippen LogP contribution is 2.35. The molecule has 0 aliphatic carbocycles. The number of hydrogen-bond acceptors (Lipinski definition) is 5. The van der Waals surface area contributed by atoms with Crippen molar-refractivity contribution < 1.29 is 23.4 Å². The number of benzene rings is 3. The van der Waals surface area contributed by atoms with Gasteiger partial charge in [-0.3, -0.25) is 0 Å². The van der Waals surface area contributed by atoms with Crippen molar-refractivity contribution in [1.29, 1.82) is 0 Å². The molecule has 162 valence electrons. The Morgan fingerprint density at radius 2 is 1.84 bits per heavy atom. The quantitative estimate of drug-likeness (QED) is 0.228. The second-order valence-corrected chi connectivity index (χ2v) is 8.12. The Kier molecular flexibility index (Phi) is 6.84. The normalized spacial score (nSPS) is 14.3. The lowest BCUT2D eigenvalue weighted by Crippen LogP contribution is -2.05. The Bertz CT molecular complexity index is 1190. The number of hydrogen-bond donors (Lipinski definition) is 0. The van der Waals surface area contributed by atoms with Crippen LogP contribution in [0.2, 0.25) is 0 Å². The molecule has 0 saturated heterocycles. The zero-order chi connectivity index (χ0) is 22.5. The predicted octanol–water partition coefficient (Wildman–Crippen LogP) is 5.40. The first-order valence-electron chi connectivity index (χ1n) is 9.86. The number of nitrogens with zero attached hydrogens (tertiary/aromatic N) is 1. The van der Waals surface area contributed by atoms with E-state index in [9.17, 15) is 9.18 Å². The monoisotopic (exact) mass is 543 g/mol. The Morgan fingerprint density at radius 1 is 1.09 bits per heavy atom. The van der Waals surface area contributed by atoms with Crippen molar-refractivity contribution in [3.8, 4) is 11.5 Å². The molecule has 3 aromatic carbocycles. The minimum absolute atomic E-state index is 0.142. The van der Waals surface area contributed by atoms with Crippen LogP contribution in [0.25, 0.3) is 6.08 Å². The number of methoxy groups -OCH3 is 1. The van der Waals surface area contributed by atoms with Crippen LogP contribution in [-0.2, 0) is 16.0 Å². The third kappa shape index (κ3) is 5.16. The fraction of sp³-hybridized carbons (Fsp3) is 0.120. The van der Waals surface area contributed by atoms with Gasteiger partial charge in [-0.2, -0.15) is 0 Å². The molecule has 5 nitrogen and oxygen atoms in total. The number of carbonyl (C=O) groups is 1. The summed E-state index contributed by atoms with van der Waals surface area (Å²) in [4.78, 5) is 16.5. The summed E-state index contributed by atoms with van der Waals surface area (Å²) in [5.41, 5.74) is 2.59. The van der Waals surface area contributed by atoms with Gasteiger partial charge >= 0.3 is 5.97 Å². The largest absolute Gasteiger partial charge is 0.493 e. The van der Waals surface area contributed by atoms with Crippen LogP contribution in [0.4, 0.5) is 4.39 Å². The maximum atomic E-state index is 13.1. The summed E-state index contributed by atoms with van der Waals surface area (Å²) in [6.07, 6.45) is 2.40. The zero-order valence-electron chi connectivity index (χ0n) is 17.2. The average Bonchev–Trinajstić information content (AvgIpc) is 3.16. The Hall–Kier alpha value is -3.20. The molecule has 0 atom stereocenters. The molecule has 0 spiro atoms. The number of carbonyl (C=O) groups excluding carboxylic acids is 1. The van der Waals surface area contributed by atoms with Crippen molar-refractivity contribution in [1.82, 2.24) is 0 Å². The fourth-order valence-corrected chi connectivity index (χ4v) is 3.94. The second kappa shape index (κ2) is 9.95. The number of esters is 1. The van der Waals surface area contributed by atoms with Crippen LogP contribution in [-0.4, -0.2) is 25.6 Å². The molecule has 3 aromatic rings. The first kappa shape index (κ1) is 22.0. The first-order chi connectivity index (χ1) is 15.5. The van der Waals surface area contributed by atoms with E-state index in [0.717, 1.165) is 15.6 Å². The van der Waals surface area contributed by atoms with Crippen molar-refractivity contribution in [2.45, 2.75) is 6.42 Å². The van der Waals surface area contributed by atoms with Gasteiger partial charge in [0.2, 0.25) is 5.90 Å². The minimum Gasteiger partial charge on any atom is -0.493 e. The van der Waals surface area contributed by atoms with Gasteiger partial charge in [-0.15, -0.1) is 0 Å². The van der Waals surface area contributed by atoms with Crippen LogP contribution in [0.15, 0.2) is 77.4 Å². The van der Waals surface area contributed by atoms with E-state index >= 15 is 0 Å². The molecule has 0 aromatic heterocycles. The van der Waals surface area contributed by atoms with Gasteiger partial charge in [-0.25, -0.2) is 14.2 Å². The second-order valence-electron chi connectivity index (χ2n) is 6.96. The number of aliphatic imine (C=N–C) groups is 1. The van der Waals surface area contributed by atoms with Crippen molar-refractivity contribution in [3.05, 3.63) is 98.5 Å². The van der Waals surface area contributed by atoms with Crippen LogP contribution < -0.4 is 9.47 Å². The molecule has 0 bridgehead atoms. The Labute approximate surface area is 198 Å². The SMILES string of the molecule is COc1cc(/C=C2\N=C(c3ccc(F)cc3)OC2=O)cc(I)c1OCCc1ccccc1. The summed E-state index contributed by atoms with van der Waals surface area (Å²) in [5.74, 6) is 0.411. The zero-order valence-corrected chi connectivity index (χ0v) is 19.3. The summed E-state index contributed by atoms with van der Waals surface area (Å²) in [6.45, 7) is 0.508. The molecule has 0 saturated carbocycles. The van der Waals surface area contributed by atoms with E-state index in [0.29, 0.717) is 23.7 Å². The molecule has 7 heteroatoms. The number of halogens is 2. The van der Waals surface area contributed by atoms with E-state index in [-0.39, 0.29) is 17.4 Å². The summed E-state index contributed by atoms with van der Waals surface area (Å²) in [6, 6.07) is 19.4. The van der Waals surface area contributed by atoms with E-state index < -0.39 is 5.97 Å². The van der Waals surface area contributed by atoms with Crippen LogP contribution in [0, 0.1) is 9.39 Å².